The van der Waals surface area contributed by atoms with E-state index in [2.05, 4.69) is 69.5 Å². The molecule has 31 heavy (non-hydrogen) atoms. The maximum atomic E-state index is 12.7. The van der Waals surface area contributed by atoms with Crippen molar-refractivity contribution in [2.75, 3.05) is 5.32 Å². The maximum Gasteiger partial charge on any atom is 0.255 e. The zero-order chi connectivity index (χ0) is 22.0. The highest BCUT2D eigenvalue weighted by atomic mass is 16.1. The Bertz CT molecular complexity index is 955. The number of benzene rings is 1. The van der Waals surface area contributed by atoms with Crippen LogP contribution >= 0.6 is 0 Å². The van der Waals surface area contributed by atoms with Crippen LogP contribution in [0.25, 0.3) is 0 Å². The number of carbonyl (C=O) groups is 1. The molecule has 3 aliphatic rings. The lowest BCUT2D eigenvalue weighted by Crippen LogP contribution is -2.27. The summed E-state index contributed by atoms with van der Waals surface area (Å²) in [7, 11) is 0. The van der Waals surface area contributed by atoms with Crippen molar-refractivity contribution >= 4 is 11.6 Å². The monoisotopic (exact) mass is 415 g/mol. The number of carbonyl (C=O) groups excluding carboxylic acids is 1. The molecule has 2 heteroatoms. The molecule has 0 spiro atoms. The van der Waals surface area contributed by atoms with E-state index in [4.69, 9.17) is 0 Å². The lowest BCUT2D eigenvalue weighted by Gasteiger charge is -2.37. The van der Waals surface area contributed by atoms with Crippen molar-refractivity contribution in [1.82, 2.24) is 0 Å². The van der Waals surface area contributed by atoms with Crippen LogP contribution in [0.3, 0.4) is 0 Å². The standard InChI is InChI=1S/C29H37NO/c1-20-5-8-23(9-6-20)24-15-17-29(4,18-16-24)26-12-10-25(11-13-26)28(31)30-27-14-7-21(2)22(3)19-27/h7,10-12,14-17,19-20,23,26H,5-6,8-9,13,18H2,1-4H3,(H,30,31). The molecule has 2 atom stereocenters. The number of rotatable bonds is 4. The quantitative estimate of drug-likeness (QED) is 0.543. The highest BCUT2D eigenvalue weighted by Gasteiger charge is 2.33. The van der Waals surface area contributed by atoms with E-state index in [1.807, 2.05) is 18.2 Å². The molecule has 2 nitrogen and oxygen atoms in total. The number of amides is 1. The van der Waals surface area contributed by atoms with Gasteiger partial charge in [-0.25, -0.2) is 0 Å². The lowest BCUT2D eigenvalue weighted by atomic mass is 9.67. The summed E-state index contributed by atoms with van der Waals surface area (Å²) < 4.78 is 0. The van der Waals surface area contributed by atoms with Crippen molar-refractivity contribution in [3.63, 3.8) is 0 Å². The van der Waals surface area contributed by atoms with Crippen LogP contribution in [-0.2, 0) is 4.79 Å². The Morgan fingerprint density at radius 2 is 1.81 bits per heavy atom. The second-order valence-electron chi connectivity index (χ2n) is 10.3. The number of hydrogen-bond donors (Lipinski definition) is 1. The van der Waals surface area contributed by atoms with Crippen molar-refractivity contribution in [1.29, 1.82) is 0 Å². The van der Waals surface area contributed by atoms with E-state index in [-0.39, 0.29) is 11.3 Å². The predicted octanol–water partition coefficient (Wildman–Crippen LogP) is 7.46. The summed E-state index contributed by atoms with van der Waals surface area (Å²) in [6.45, 7) is 8.91. The van der Waals surface area contributed by atoms with E-state index in [0.29, 0.717) is 5.92 Å². The van der Waals surface area contributed by atoms with Gasteiger partial charge in [0.2, 0.25) is 0 Å². The molecule has 1 aromatic carbocycles. The minimum absolute atomic E-state index is 0.0176. The fourth-order valence-corrected chi connectivity index (χ4v) is 5.23. The minimum Gasteiger partial charge on any atom is -0.322 e. The van der Waals surface area contributed by atoms with Crippen molar-refractivity contribution in [2.24, 2.45) is 23.2 Å². The van der Waals surface area contributed by atoms with Crippen LogP contribution in [0.5, 0.6) is 0 Å². The van der Waals surface area contributed by atoms with Gasteiger partial charge in [0.1, 0.15) is 0 Å². The first-order chi connectivity index (χ1) is 14.8. The number of allylic oxidation sites excluding steroid dienone is 6. The largest absolute Gasteiger partial charge is 0.322 e. The third kappa shape index (κ3) is 4.95. The third-order valence-electron chi connectivity index (χ3n) is 7.90. The first kappa shape index (κ1) is 21.9. The highest BCUT2D eigenvalue weighted by Crippen LogP contribution is 2.44. The summed E-state index contributed by atoms with van der Waals surface area (Å²) in [4.78, 5) is 12.7. The second-order valence-corrected chi connectivity index (χ2v) is 10.3. The van der Waals surface area contributed by atoms with Gasteiger partial charge in [0, 0.05) is 11.3 Å². The number of hydrogen-bond acceptors (Lipinski definition) is 1. The Morgan fingerprint density at radius 1 is 1.03 bits per heavy atom. The van der Waals surface area contributed by atoms with Crippen LogP contribution in [-0.4, -0.2) is 5.91 Å². The summed E-state index contributed by atoms with van der Waals surface area (Å²) in [6, 6.07) is 6.06. The summed E-state index contributed by atoms with van der Waals surface area (Å²) in [6.07, 6.45) is 21.2. The topological polar surface area (TPSA) is 29.1 Å². The molecule has 0 saturated heterocycles. The van der Waals surface area contributed by atoms with Crippen molar-refractivity contribution in [2.45, 2.75) is 66.2 Å². The Kier molecular flexibility index (Phi) is 6.36. The van der Waals surface area contributed by atoms with Crippen LogP contribution in [0, 0.1) is 37.0 Å². The number of anilines is 1. The van der Waals surface area contributed by atoms with Gasteiger partial charge in [-0.05, 0) is 91.5 Å². The van der Waals surface area contributed by atoms with Crippen LogP contribution in [0.4, 0.5) is 5.69 Å². The molecule has 164 valence electrons. The first-order valence-corrected chi connectivity index (χ1v) is 12.0. The Balaban J connectivity index is 1.34. The zero-order valence-electron chi connectivity index (χ0n) is 19.6. The molecular weight excluding hydrogens is 378 g/mol. The van der Waals surface area contributed by atoms with Gasteiger partial charge in [0.15, 0.2) is 0 Å². The van der Waals surface area contributed by atoms with Gasteiger partial charge < -0.3 is 5.32 Å². The van der Waals surface area contributed by atoms with Crippen LogP contribution in [0.1, 0.15) is 63.5 Å². The van der Waals surface area contributed by atoms with Gasteiger partial charge >= 0.3 is 0 Å². The fraction of sp³-hybridized carbons (Fsp3) is 0.483. The van der Waals surface area contributed by atoms with Crippen molar-refractivity contribution in [3.05, 3.63) is 76.9 Å². The zero-order valence-corrected chi connectivity index (χ0v) is 19.6. The smallest absolute Gasteiger partial charge is 0.255 e. The Hall–Kier alpha value is -2.35. The molecule has 0 radical (unpaired) electrons. The summed E-state index contributed by atoms with van der Waals surface area (Å²) in [5.74, 6) is 2.08. The maximum absolute atomic E-state index is 12.7. The second kappa shape index (κ2) is 9.02. The van der Waals surface area contributed by atoms with Gasteiger partial charge in [-0.2, -0.15) is 0 Å². The first-order valence-electron chi connectivity index (χ1n) is 12.0. The molecule has 0 aliphatic heterocycles. The average Bonchev–Trinajstić information content (AvgIpc) is 2.78. The Morgan fingerprint density at radius 3 is 2.42 bits per heavy atom. The molecule has 0 aromatic heterocycles. The van der Waals surface area contributed by atoms with Crippen molar-refractivity contribution < 1.29 is 4.79 Å². The van der Waals surface area contributed by atoms with E-state index >= 15 is 0 Å². The van der Waals surface area contributed by atoms with E-state index in [9.17, 15) is 4.79 Å². The predicted molar refractivity (Wildman–Crippen MR) is 131 cm³/mol. The van der Waals surface area contributed by atoms with Gasteiger partial charge in [0.05, 0.1) is 0 Å². The van der Waals surface area contributed by atoms with Gasteiger partial charge in [-0.15, -0.1) is 0 Å². The van der Waals surface area contributed by atoms with Gasteiger partial charge in [-0.3, -0.25) is 4.79 Å². The van der Waals surface area contributed by atoms with Gasteiger partial charge in [-0.1, -0.05) is 69.2 Å². The summed E-state index contributed by atoms with van der Waals surface area (Å²) in [5, 5.41) is 3.05. The fourth-order valence-electron chi connectivity index (χ4n) is 5.23. The molecule has 0 bridgehead atoms. The molecule has 2 unspecified atom stereocenters. The number of aryl methyl sites for hydroxylation is 2. The van der Waals surface area contributed by atoms with E-state index in [1.165, 1.54) is 36.8 Å². The molecule has 4 rings (SSSR count). The Labute approximate surface area is 188 Å². The molecule has 1 fully saturated rings. The van der Waals surface area contributed by atoms with Crippen LogP contribution in [0.15, 0.2) is 65.8 Å². The van der Waals surface area contributed by atoms with Crippen molar-refractivity contribution in [3.8, 4) is 0 Å². The SMILES string of the molecule is Cc1ccc(NC(=O)C2=CCC(C3(C)C=CC(C4CCC(C)CC4)=CC3)C=C2)cc1C. The van der Waals surface area contributed by atoms with Gasteiger partial charge in [0.25, 0.3) is 5.91 Å². The van der Waals surface area contributed by atoms with E-state index < -0.39 is 0 Å². The lowest BCUT2D eigenvalue weighted by molar-refractivity contribution is -0.112. The average molecular weight is 416 g/mol. The third-order valence-corrected chi connectivity index (χ3v) is 7.90. The summed E-state index contributed by atoms with van der Waals surface area (Å²) in [5.41, 5.74) is 5.76. The summed E-state index contributed by atoms with van der Waals surface area (Å²) >= 11 is 0. The molecular formula is C29H37NO. The molecule has 3 aliphatic carbocycles. The molecule has 0 heterocycles. The van der Waals surface area contributed by atoms with E-state index in [1.54, 1.807) is 5.57 Å². The molecule has 1 amide bonds. The van der Waals surface area contributed by atoms with Crippen LogP contribution in [0.2, 0.25) is 0 Å². The molecule has 1 saturated carbocycles. The van der Waals surface area contributed by atoms with Crippen LogP contribution < -0.4 is 5.32 Å². The van der Waals surface area contributed by atoms with E-state index in [0.717, 1.165) is 35.9 Å². The molecule has 1 N–H and O–H groups in total. The normalized spacial score (nSPS) is 30.5. The molecule has 1 aromatic rings. The minimum atomic E-state index is -0.0176. The highest BCUT2D eigenvalue weighted by molar-refractivity contribution is 6.05. The number of nitrogens with one attached hydrogen (secondary N) is 1.